The standard InChI is InChI=1S/C14H25N3O2S.C11H13NO2.C2H2/c1-9-14(2,3)7-12-17(9)13(19)10(5-6-20-12)16-11(18)8-15-4;13-7-12-11-3-1-2-8-6-9(14)4-5-10(8)11;1-2/h9-10,12,15H,5-8H2,1-4H3,(H,16,18);4-7,11,14H,1-3H2,(H,12,13);1-2H. The molecule has 2 aliphatic heterocycles. The van der Waals surface area contributed by atoms with Gasteiger partial charge >= 0.3 is 0 Å². The van der Waals surface area contributed by atoms with Crippen LogP contribution in [0.15, 0.2) is 18.2 Å². The zero-order valence-electron chi connectivity index (χ0n) is 21.8. The summed E-state index contributed by atoms with van der Waals surface area (Å²) >= 11 is 1.85. The van der Waals surface area contributed by atoms with Crippen molar-refractivity contribution >= 4 is 30.0 Å². The van der Waals surface area contributed by atoms with Crippen molar-refractivity contribution in [2.24, 2.45) is 5.41 Å². The van der Waals surface area contributed by atoms with Gasteiger partial charge in [-0.2, -0.15) is 0 Å². The van der Waals surface area contributed by atoms with Gasteiger partial charge in [-0.3, -0.25) is 14.4 Å². The number of nitrogens with one attached hydrogen (secondary N) is 3. The van der Waals surface area contributed by atoms with Crippen LogP contribution in [0.1, 0.15) is 63.6 Å². The molecule has 4 N–H and O–H groups in total. The Kier molecular flexibility index (Phi) is 11.1. The second-order valence-corrected chi connectivity index (χ2v) is 11.3. The number of thioether (sulfide) groups is 1. The summed E-state index contributed by atoms with van der Waals surface area (Å²) in [6, 6.07) is 5.32. The first kappa shape index (κ1) is 29.5. The van der Waals surface area contributed by atoms with E-state index in [2.05, 4.69) is 49.6 Å². The van der Waals surface area contributed by atoms with Crippen LogP contribution >= 0.6 is 11.8 Å². The fourth-order valence-electron chi connectivity index (χ4n) is 5.04. The SMILES string of the molecule is C#C.CNCC(=O)NC1CCSC2CC(C)(C)C(C)N2C1=O.O=CNC1CCCc2cc(O)ccc21. The lowest BCUT2D eigenvalue weighted by Gasteiger charge is -2.32. The Morgan fingerprint density at radius 3 is 2.67 bits per heavy atom. The number of phenolic OH excluding ortho intramolecular Hbond substituents is 1. The van der Waals surface area contributed by atoms with E-state index in [1.165, 1.54) is 0 Å². The lowest BCUT2D eigenvalue weighted by atomic mass is 9.86. The number of hydrogen-bond acceptors (Lipinski definition) is 6. The summed E-state index contributed by atoms with van der Waals surface area (Å²) in [6.45, 7) is 6.81. The molecule has 2 heterocycles. The molecule has 0 aromatic heterocycles. The first-order valence-corrected chi connectivity index (χ1v) is 13.5. The lowest BCUT2D eigenvalue weighted by Crippen LogP contribution is -2.52. The Bertz CT molecular complexity index is 936. The number of hydrogen-bond donors (Lipinski definition) is 4. The molecule has 1 aliphatic carbocycles. The number of fused-ring (bicyclic) bond motifs is 2. The molecule has 198 valence electrons. The highest BCUT2D eigenvalue weighted by Crippen LogP contribution is 2.45. The quantitative estimate of drug-likeness (QED) is 0.354. The largest absolute Gasteiger partial charge is 0.508 e. The van der Waals surface area contributed by atoms with Gasteiger partial charge in [-0.15, -0.1) is 24.6 Å². The van der Waals surface area contributed by atoms with Gasteiger partial charge < -0.3 is 26.0 Å². The molecule has 2 saturated heterocycles. The predicted molar refractivity (Wildman–Crippen MR) is 144 cm³/mol. The first-order valence-electron chi connectivity index (χ1n) is 12.4. The van der Waals surface area contributed by atoms with E-state index in [4.69, 9.17) is 0 Å². The normalized spacial score (nSPS) is 25.9. The second-order valence-electron chi connectivity index (χ2n) is 9.99. The molecule has 1 aromatic carbocycles. The summed E-state index contributed by atoms with van der Waals surface area (Å²) < 4.78 is 0. The Morgan fingerprint density at radius 1 is 1.28 bits per heavy atom. The molecule has 0 radical (unpaired) electrons. The Morgan fingerprint density at radius 2 is 2.00 bits per heavy atom. The van der Waals surface area contributed by atoms with Crippen molar-refractivity contribution in [2.45, 2.75) is 76.4 Å². The van der Waals surface area contributed by atoms with Gasteiger partial charge in [-0.25, -0.2) is 0 Å². The molecule has 4 atom stereocenters. The Hall–Kier alpha value is -2.70. The smallest absolute Gasteiger partial charge is 0.246 e. The number of likely N-dealkylation sites (N-methyl/N-ethyl adjacent to an activating group) is 1. The molecule has 0 spiro atoms. The van der Waals surface area contributed by atoms with Crippen LogP contribution in [0.4, 0.5) is 0 Å². The van der Waals surface area contributed by atoms with Crippen LogP contribution in [-0.4, -0.2) is 65.0 Å². The van der Waals surface area contributed by atoms with Gasteiger partial charge in [0.25, 0.3) is 0 Å². The highest BCUT2D eigenvalue weighted by molar-refractivity contribution is 7.99. The van der Waals surface area contributed by atoms with E-state index in [1.54, 1.807) is 19.2 Å². The second kappa shape index (κ2) is 13.6. The molecule has 3 aliphatic rings. The third kappa shape index (κ3) is 7.17. The third-order valence-electron chi connectivity index (χ3n) is 7.21. The summed E-state index contributed by atoms with van der Waals surface area (Å²) in [6.07, 6.45) is 13.5. The van der Waals surface area contributed by atoms with Gasteiger partial charge in [0.15, 0.2) is 0 Å². The number of carbonyl (C=O) groups excluding carboxylic acids is 3. The highest BCUT2D eigenvalue weighted by Gasteiger charge is 2.49. The van der Waals surface area contributed by atoms with Gasteiger partial charge in [0, 0.05) is 6.04 Å². The number of rotatable bonds is 5. The van der Waals surface area contributed by atoms with Crippen molar-refractivity contribution in [1.82, 2.24) is 20.9 Å². The zero-order valence-corrected chi connectivity index (χ0v) is 22.6. The summed E-state index contributed by atoms with van der Waals surface area (Å²) in [5.74, 6) is 1.19. The van der Waals surface area contributed by atoms with E-state index in [-0.39, 0.29) is 47.3 Å². The minimum absolute atomic E-state index is 0.0857. The monoisotopic (exact) mass is 516 g/mol. The van der Waals surface area contributed by atoms with Crippen LogP contribution in [0.2, 0.25) is 0 Å². The van der Waals surface area contributed by atoms with Crippen LogP contribution < -0.4 is 16.0 Å². The lowest BCUT2D eigenvalue weighted by molar-refractivity contribution is -0.137. The molecular weight excluding hydrogens is 476 g/mol. The molecule has 8 nitrogen and oxygen atoms in total. The van der Waals surface area contributed by atoms with E-state index < -0.39 is 0 Å². The minimum atomic E-state index is -0.371. The van der Waals surface area contributed by atoms with Crippen LogP contribution in [0.3, 0.4) is 0 Å². The summed E-state index contributed by atoms with van der Waals surface area (Å²) in [5.41, 5.74) is 2.43. The van der Waals surface area contributed by atoms with Crippen LogP contribution in [0.25, 0.3) is 0 Å². The van der Waals surface area contributed by atoms with Crippen molar-refractivity contribution in [2.75, 3.05) is 19.3 Å². The van der Waals surface area contributed by atoms with Crippen molar-refractivity contribution in [3.8, 4) is 18.6 Å². The first-order chi connectivity index (χ1) is 17.2. The molecule has 2 fully saturated rings. The molecule has 3 amide bonds. The number of terminal acetylenes is 1. The number of amides is 3. The van der Waals surface area contributed by atoms with E-state index in [9.17, 15) is 19.5 Å². The number of aromatic hydroxyl groups is 1. The van der Waals surface area contributed by atoms with Gasteiger partial charge in [0.05, 0.1) is 18.0 Å². The van der Waals surface area contributed by atoms with E-state index in [1.807, 2.05) is 22.7 Å². The van der Waals surface area contributed by atoms with Crippen molar-refractivity contribution < 1.29 is 19.5 Å². The maximum Gasteiger partial charge on any atom is 0.246 e. The van der Waals surface area contributed by atoms with Gasteiger partial charge in [0.1, 0.15) is 11.8 Å². The van der Waals surface area contributed by atoms with E-state index in [0.29, 0.717) is 5.75 Å². The molecule has 9 heteroatoms. The molecule has 0 bridgehead atoms. The topological polar surface area (TPSA) is 111 Å². The van der Waals surface area contributed by atoms with Crippen molar-refractivity contribution in [3.05, 3.63) is 29.3 Å². The van der Waals surface area contributed by atoms with Gasteiger partial charge in [-0.05, 0) is 80.5 Å². The highest BCUT2D eigenvalue weighted by atomic mass is 32.2. The fraction of sp³-hybridized carbons (Fsp3) is 0.593. The van der Waals surface area contributed by atoms with Crippen molar-refractivity contribution in [1.29, 1.82) is 0 Å². The molecular formula is C27H40N4O4S. The predicted octanol–water partition coefficient (Wildman–Crippen LogP) is 2.57. The molecule has 1 aromatic rings. The third-order valence-corrected chi connectivity index (χ3v) is 8.46. The zero-order chi connectivity index (χ0) is 26.9. The van der Waals surface area contributed by atoms with Crippen molar-refractivity contribution in [3.63, 3.8) is 0 Å². The van der Waals surface area contributed by atoms with Crippen LogP contribution in [-0.2, 0) is 20.8 Å². The van der Waals surface area contributed by atoms with E-state index in [0.717, 1.165) is 55.4 Å². The summed E-state index contributed by atoms with van der Waals surface area (Å²) in [7, 11) is 1.73. The maximum absolute atomic E-state index is 12.7. The van der Waals surface area contributed by atoms with E-state index >= 15 is 0 Å². The fourth-order valence-corrected chi connectivity index (χ4v) is 6.68. The minimum Gasteiger partial charge on any atom is -0.508 e. The summed E-state index contributed by atoms with van der Waals surface area (Å²) in [4.78, 5) is 36.9. The number of benzene rings is 1. The number of aryl methyl sites for hydroxylation is 1. The maximum atomic E-state index is 12.7. The Balaban J connectivity index is 0.000000250. The molecule has 4 rings (SSSR count). The molecule has 4 unspecified atom stereocenters. The van der Waals surface area contributed by atoms with Gasteiger partial charge in [-0.1, -0.05) is 19.9 Å². The number of nitrogens with zero attached hydrogens (tertiary/aromatic N) is 1. The summed E-state index contributed by atoms with van der Waals surface area (Å²) in [5, 5.41) is 18.1. The number of carbonyl (C=O) groups is 3. The van der Waals surface area contributed by atoms with Crippen LogP contribution in [0, 0.1) is 18.3 Å². The molecule has 36 heavy (non-hydrogen) atoms. The number of phenols is 1. The average Bonchev–Trinajstić information content (AvgIpc) is 2.97. The van der Waals surface area contributed by atoms with Gasteiger partial charge in [0.2, 0.25) is 18.2 Å². The molecule has 0 saturated carbocycles. The average molecular weight is 517 g/mol. The Labute approximate surface area is 219 Å². The van der Waals surface area contributed by atoms with Crippen LogP contribution in [0.5, 0.6) is 5.75 Å².